The largest absolute Gasteiger partial charge is 0.494 e. The lowest BCUT2D eigenvalue weighted by Gasteiger charge is -2.36. The number of ketones is 1. The van der Waals surface area contributed by atoms with Gasteiger partial charge in [-0.05, 0) is 44.5 Å². The Morgan fingerprint density at radius 2 is 2.10 bits per heavy atom. The van der Waals surface area contributed by atoms with E-state index in [0.717, 1.165) is 38.8 Å². The molecule has 1 aliphatic heterocycles. The zero-order chi connectivity index (χ0) is 14.6. The van der Waals surface area contributed by atoms with Crippen LogP contribution in [0.25, 0.3) is 0 Å². The molecule has 1 aromatic rings. The van der Waals surface area contributed by atoms with Gasteiger partial charge < -0.3 is 10.1 Å². The Kier molecular flexibility index (Phi) is 4.76. The molecule has 0 unspecified atom stereocenters. The Bertz CT molecular complexity index is 476. The molecule has 1 heterocycles. The first kappa shape index (κ1) is 15.0. The number of ether oxygens (including phenoxy) is 1. The highest BCUT2D eigenvalue weighted by molar-refractivity contribution is 6.01. The number of benzene rings is 1. The Morgan fingerprint density at radius 1 is 1.40 bits per heavy atom. The quantitative estimate of drug-likeness (QED) is 0.841. The van der Waals surface area contributed by atoms with Crippen LogP contribution in [0.3, 0.4) is 0 Å². The van der Waals surface area contributed by atoms with Gasteiger partial charge in [-0.3, -0.25) is 4.79 Å². The molecule has 0 aliphatic carbocycles. The molecule has 0 aromatic heterocycles. The van der Waals surface area contributed by atoms with Crippen molar-refractivity contribution in [3.05, 3.63) is 29.6 Å². The minimum atomic E-state index is -0.533. The van der Waals surface area contributed by atoms with E-state index in [2.05, 4.69) is 12.2 Å². The van der Waals surface area contributed by atoms with E-state index in [1.165, 1.54) is 7.11 Å². The average molecular weight is 279 g/mol. The van der Waals surface area contributed by atoms with Crippen LogP contribution in [-0.4, -0.2) is 26.0 Å². The SMILES string of the molecule is CCCC1(C(=O)c2cccc(OC)c2F)CCNCC1. The summed E-state index contributed by atoms with van der Waals surface area (Å²) >= 11 is 0. The van der Waals surface area contributed by atoms with Crippen molar-refractivity contribution in [2.75, 3.05) is 20.2 Å². The highest BCUT2D eigenvalue weighted by Gasteiger charge is 2.40. The normalized spacial score (nSPS) is 17.8. The molecule has 1 fully saturated rings. The number of hydrogen-bond acceptors (Lipinski definition) is 3. The van der Waals surface area contributed by atoms with Crippen molar-refractivity contribution < 1.29 is 13.9 Å². The van der Waals surface area contributed by atoms with E-state index in [9.17, 15) is 9.18 Å². The first-order valence-electron chi connectivity index (χ1n) is 7.22. The third-order valence-corrected chi connectivity index (χ3v) is 4.20. The molecule has 1 aromatic carbocycles. The van der Waals surface area contributed by atoms with E-state index in [1.54, 1.807) is 18.2 Å². The minimum absolute atomic E-state index is 0.0720. The summed E-state index contributed by atoms with van der Waals surface area (Å²) in [5, 5.41) is 3.27. The van der Waals surface area contributed by atoms with Crippen molar-refractivity contribution in [3.63, 3.8) is 0 Å². The predicted molar refractivity (Wildman–Crippen MR) is 76.7 cm³/mol. The molecule has 3 nitrogen and oxygen atoms in total. The van der Waals surface area contributed by atoms with Gasteiger partial charge in [0.2, 0.25) is 0 Å². The van der Waals surface area contributed by atoms with Gasteiger partial charge in [-0.25, -0.2) is 4.39 Å². The number of hydrogen-bond donors (Lipinski definition) is 1. The monoisotopic (exact) mass is 279 g/mol. The fourth-order valence-corrected chi connectivity index (χ4v) is 3.10. The molecule has 110 valence electrons. The van der Waals surface area contributed by atoms with Crippen molar-refractivity contribution >= 4 is 5.78 Å². The molecular weight excluding hydrogens is 257 g/mol. The smallest absolute Gasteiger partial charge is 0.175 e. The summed E-state index contributed by atoms with van der Waals surface area (Å²) in [4.78, 5) is 12.9. The molecular formula is C16H22FNO2. The number of piperidine rings is 1. The minimum Gasteiger partial charge on any atom is -0.494 e. The number of rotatable bonds is 5. The third-order valence-electron chi connectivity index (χ3n) is 4.20. The van der Waals surface area contributed by atoms with Crippen molar-refractivity contribution in [2.24, 2.45) is 5.41 Å². The maximum Gasteiger partial charge on any atom is 0.175 e. The standard InChI is InChI=1S/C16H22FNO2/c1-3-7-16(8-10-18-11-9-16)15(19)12-5-4-6-13(20-2)14(12)17/h4-6,18H,3,7-11H2,1-2H3. The van der Waals surface area contributed by atoms with Crippen LogP contribution in [0.1, 0.15) is 43.0 Å². The van der Waals surface area contributed by atoms with Gasteiger partial charge in [0.15, 0.2) is 17.3 Å². The van der Waals surface area contributed by atoms with E-state index in [1.807, 2.05) is 0 Å². The van der Waals surface area contributed by atoms with E-state index in [0.29, 0.717) is 0 Å². The van der Waals surface area contributed by atoms with E-state index >= 15 is 0 Å². The lowest BCUT2D eigenvalue weighted by Crippen LogP contribution is -2.42. The van der Waals surface area contributed by atoms with Gasteiger partial charge in [0.25, 0.3) is 0 Å². The van der Waals surface area contributed by atoms with E-state index in [-0.39, 0.29) is 17.1 Å². The topological polar surface area (TPSA) is 38.3 Å². The number of methoxy groups -OCH3 is 1. The van der Waals surface area contributed by atoms with Gasteiger partial charge in [-0.1, -0.05) is 19.4 Å². The lowest BCUT2D eigenvalue weighted by molar-refractivity contribution is 0.0699. The predicted octanol–water partition coefficient (Wildman–Crippen LogP) is 3.19. The molecule has 1 N–H and O–H groups in total. The second-order valence-electron chi connectivity index (χ2n) is 5.43. The molecule has 0 amide bonds. The molecule has 20 heavy (non-hydrogen) atoms. The lowest BCUT2D eigenvalue weighted by atomic mass is 9.70. The molecule has 1 saturated heterocycles. The van der Waals surface area contributed by atoms with Crippen LogP contribution in [0.5, 0.6) is 5.75 Å². The van der Waals surface area contributed by atoms with Crippen LogP contribution in [0.15, 0.2) is 18.2 Å². The number of carbonyl (C=O) groups excluding carboxylic acids is 1. The van der Waals surface area contributed by atoms with Crippen LogP contribution >= 0.6 is 0 Å². The van der Waals surface area contributed by atoms with Crippen molar-refractivity contribution in [2.45, 2.75) is 32.6 Å². The van der Waals surface area contributed by atoms with Gasteiger partial charge in [-0.15, -0.1) is 0 Å². The number of Topliss-reactive ketones (excluding diaryl/α,β-unsaturated/α-hetero) is 1. The molecule has 0 spiro atoms. The summed E-state index contributed by atoms with van der Waals surface area (Å²) < 4.78 is 19.3. The van der Waals surface area contributed by atoms with Crippen LogP contribution in [0.4, 0.5) is 4.39 Å². The van der Waals surface area contributed by atoms with Crippen molar-refractivity contribution in [3.8, 4) is 5.75 Å². The van der Waals surface area contributed by atoms with E-state index < -0.39 is 11.2 Å². The summed E-state index contributed by atoms with van der Waals surface area (Å²) in [6.07, 6.45) is 3.29. The second-order valence-corrected chi connectivity index (χ2v) is 5.43. The zero-order valence-electron chi connectivity index (χ0n) is 12.2. The molecule has 1 aliphatic rings. The highest BCUT2D eigenvalue weighted by atomic mass is 19.1. The maximum atomic E-state index is 14.3. The van der Waals surface area contributed by atoms with Gasteiger partial charge in [0, 0.05) is 5.41 Å². The Labute approximate surface area is 119 Å². The molecule has 0 radical (unpaired) electrons. The number of halogens is 1. The summed E-state index contributed by atoms with van der Waals surface area (Å²) in [6, 6.07) is 4.79. The summed E-state index contributed by atoms with van der Waals surface area (Å²) in [5.74, 6) is -0.470. The Hall–Kier alpha value is -1.42. The summed E-state index contributed by atoms with van der Waals surface area (Å²) in [7, 11) is 1.42. The van der Waals surface area contributed by atoms with Gasteiger partial charge in [-0.2, -0.15) is 0 Å². The average Bonchev–Trinajstić information content (AvgIpc) is 2.48. The second kappa shape index (κ2) is 6.35. The van der Waals surface area contributed by atoms with E-state index in [4.69, 9.17) is 4.74 Å². The number of carbonyl (C=O) groups is 1. The van der Waals surface area contributed by atoms with Crippen LogP contribution < -0.4 is 10.1 Å². The van der Waals surface area contributed by atoms with Crippen molar-refractivity contribution in [1.29, 1.82) is 0 Å². The van der Waals surface area contributed by atoms with Gasteiger partial charge >= 0.3 is 0 Å². The van der Waals surface area contributed by atoms with Crippen molar-refractivity contribution in [1.82, 2.24) is 5.32 Å². The van der Waals surface area contributed by atoms with Crippen LogP contribution in [0.2, 0.25) is 0 Å². The fraction of sp³-hybridized carbons (Fsp3) is 0.562. The fourth-order valence-electron chi connectivity index (χ4n) is 3.10. The highest BCUT2D eigenvalue weighted by Crippen LogP contribution is 2.38. The molecule has 0 atom stereocenters. The van der Waals surface area contributed by atoms with Gasteiger partial charge in [0.05, 0.1) is 12.7 Å². The molecule has 4 heteroatoms. The van der Waals surface area contributed by atoms with Crippen LogP contribution in [-0.2, 0) is 0 Å². The number of nitrogens with one attached hydrogen (secondary N) is 1. The molecule has 0 saturated carbocycles. The first-order chi connectivity index (χ1) is 9.64. The first-order valence-corrected chi connectivity index (χ1v) is 7.22. The van der Waals surface area contributed by atoms with Crippen LogP contribution in [0, 0.1) is 11.2 Å². The summed E-state index contributed by atoms with van der Waals surface area (Å²) in [6.45, 7) is 3.70. The van der Waals surface area contributed by atoms with Gasteiger partial charge in [0.1, 0.15) is 0 Å². The Morgan fingerprint density at radius 3 is 2.70 bits per heavy atom. The zero-order valence-corrected chi connectivity index (χ0v) is 12.2. The summed E-state index contributed by atoms with van der Waals surface area (Å²) in [5.41, 5.74) is -0.257. The Balaban J connectivity index is 2.37. The maximum absolute atomic E-state index is 14.3. The molecule has 0 bridgehead atoms. The molecule has 2 rings (SSSR count). The third kappa shape index (κ3) is 2.70.